The maximum absolute atomic E-state index is 10.2. The lowest BCUT2D eigenvalue weighted by Gasteiger charge is -2.02. The van der Waals surface area contributed by atoms with E-state index in [4.69, 9.17) is 16.7 Å². The van der Waals surface area contributed by atoms with Crippen LogP contribution in [-0.4, -0.2) is 30.0 Å². The molecule has 0 aromatic heterocycles. The largest absolute Gasteiger partial charge is 0.480 e. The second-order valence-corrected chi connectivity index (χ2v) is 2.29. The van der Waals surface area contributed by atoms with Gasteiger partial charge in [0.1, 0.15) is 6.04 Å². The number of hydrogen-bond acceptors (Lipinski definition) is 4. The third-order valence-corrected chi connectivity index (χ3v) is 1.29. The molecule has 0 bridgehead atoms. The Morgan fingerprint density at radius 3 is 2.92 bits per heavy atom. The van der Waals surface area contributed by atoms with Crippen LogP contribution in [0.4, 0.5) is 0 Å². The fraction of sp³-hybridized carbons (Fsp3) is 0.667. The Morgan fingerprint density at radius 1 is 1.75 bits per heavy atom. The van der Waals surface area contributed by atoms with Gasteiger partial charge in [-0.1, -0.05) is 0 Å². The molecule has 0 aliphatic rings. The normalized spacial score (nSPS) is 13.2. The average molecular weight is 174 g/mol. The van der Waals surface area contributed by atoms with Gasteiger partial charge in [-0.15, -0.1) is 0 Å². The molecule has 0 spiro atoms. The Balaban J connectivity index is 3.31. The van der Waals surface area contributed by atoms with E-state index in [0.29, 0.717) is 19.4 Å². The topological polar surface area (TPSA) is 114 Å². The molecule has 0 radical (unpaired) electrons. The highest BCUT2D eigenvalue weighted by Gasteiger charge is 2.09. The summed E-state index contributed by atoms with van der Waals surface area (Å²) >= 11 is 0. The molecule has 0 fully saturated rings. The first-order valence-electron chi connectivity index (χ1n) is 3.61. The molecule has 0 aliphatic heterocycles. The highest BCUT2D eigenvalue weighted by Crippen LogP contribution is 1.94. The summed E-state index contributed by atoms with van der Waals surface area (Å²) in [6, 6.07) is -0.786. The molecule has 0 aromatic rings. The molecule has 0 saturated carbocycles. The third-order valence-electron chi connectivity index (χ3n) is 1.29. The van der Waals surface area contributed by atoms with Gasteiger partial charge in [0.2, 0.25) is 0 Å². The van der Waals surface area contributed by atoms with Gasteiger partial charge in [0.15, 0.2) is 0 Å². The lowest BCUT2D eigenvalue weighted by Crippen LogP contribution is -2.30. The maximum Gasteiger partial charge on any atom is 0.320 e. The zero-order valence-corrected chi connectivity index (χ0v) is 6.73. The Bertz CT molecular complexity index is 160. The molecule has 0 aliphatic carbocycles. The first-order chi connectivity index (χ1) is 5.68. The molecule has 12 heavy (non-hydrogen) atoms. The third kappa shape index (κ3) is 5.63. The van der Waals surface area contributed by atoms with Crippen molar-refractivity contribution in [1.29, 1.82) is 0 Å². The standard InChI is InChI=1S/C6H14N4O2/c7-5(6(11)12)2-1-3-9-4-10-8/h4-5H,1-3,7-8H2,(H,9,10)(H,11,12)/t5-/m0/s1. The van der Waals surface area contributed by atoms with Crippen LogP contribution < -0.4 is 17.0 Å². The van der Waals surface area contributed by atoms with Gasteiger partial charge in [-0.25, -0.2) is 5.84 Å². The zero-order valence-electron chi connectivity index (χ0n) is 6.73. The van der Waals surface area contributed by atoms with Crippen molar-refractivity contribution in [2.45, 2.75) is 18.9 Å². The van der Waals surface area contributed by atoms with Crippen LogP contribution in [-0.2, 0) is 4.79 Å². The molecule has 1 atom stereocenters. The van der Waals surface area contributed by atoms with E-state index in [0.717, 1.165) is 0 Å². The highest BCUT2D eigenvalue weighted by molar-refractivity contribution is 5.72. The van der Waals surface area contributed by atoms with E-state index >= 15 is 0 Å². The number of rotatable bonds is 6. The van der Waals surface area contributed by atoms with Crippen LogP contribution in [0.3, 0.4) is 0 Å². The lowest BCUT2D eigenvalue weighted by atomic mass is 10.2. The number of carbonyl (C=O) groups is 1. The van der Waals surface area contributed by atoms with Gasteiger partial charge in [0, 0.05) is 6.54 Å². The van der Waals surface area contributed by atoms with Gasteiger partial charge in [0.25, 0.3) is 0 Å². The van der Waals surface area contributed by atoms with Crippen LogP contribution in [0.2, 0.25) is 0 Å². The minimum atomic E-state index is -0.976. The second-order valence-electron chi connectivity index (χ2n) is 2.29. The molecule has 0 aromatic carbocycles. The van der Waals surface area contributed by atoms with Gasteiger partial charge in [-0.2, -0.15) is 0 Å². The SMILES string of the molecule is NNC=NCCC[C@H](N)C(=O)O. The molecule has 0 amide bonds. The second kappa shape index (κ2) is 6.56. The lowest BCUT2D eigenvalue weighted by molar-refractivity contribution is -0.138. The molecule has 70 valence electrons. The number of nitrogens with one attached hydrogen (secondary N) is 1. The van der Waals surface area contributed by atoms with Crippen LogP contribution in [0.1, 0.15) is 12.8 Å². The van der Waals surface area contributed by atoms with Gasteiger partial charge < -0.3 is 16.3 Å². The number of hydrazine groups is 1. The Hall–Kier alpha value is -1.14. The summed E-state index contributed by atoms with van der Waals surface area (Å²) in [6.45, 7) is 0.533. The quantitative estimate of drug-likeness (QED) is 0.131. The first kappa shape index (κ1) is 10.9. The minimum absolute atomic E-state index is 0.428. The van der Waals surface area contributed by atoms with E-state index in [1.165, 1.54) is 6.34 Å². The maximum atomic E-state index is 10.2. The van der Waals surface area contributed by atoms with Crippen molar-refractivity contribution < 1.29 is 9.90 Å². The number of carboxylic acids is 1. The number of aliphatic imine (C=N–C) groups is 1. The molecular formula is C6H14N4O2. The Kier molecular flexibility index (Phi) is 5.94. The van der Waals surface area contributed by atoms with Crippen LogP contribution in [0.5, 0.6) is 0 Å². The van der Waals surface area contributed by atoms with Gasteiger partial charge in [-0.05, 0) is 12.8 Å². The zero-order chi connectivity index (χ0) is 9.40. The summed E-state index contributed by atoms with van der Waals surface area (Å²) in [6.07, 6.45) is 2.43. The number of aliphatic carboxylic acids is 1. The molecule has 6 nitrogen and oxygen atoms in total. The van der Waals surface area contributed by atoms with Crippen LogP contribution in [0.25, 0.3) is 0 Å². The van der Waals surface area contributed by atoms with E-state index in [-0.39, 0.29) is 0 Å². The number of nitrogens with zero attached hydrogens (tertiary/aromatic N) is 1. The molecule has 0 unspecified atom stereocenters. The van der Waals surface area contributed by atoms with Crippen LogP contribution in [0, 0.1) is 0 Å². The average Bonchev–Trinajstić information content (AvgIpc) is 2.03. The van der Waals surface area contributed by atoms with Crippen LogP contribution >= 0.6 is 0 Å². The predicted molar refractivity (Wildman–Crippen MR) is 45.5 cm³/mol. The summed E-state index contributed by atoms with van der Waals surface area (Å²) in [4.78, 5) is 14.0. The van der Waals surface area contributed by atoms with Crippen molar-refractivity contribution in [2.75, 3.05) is 6.54 Å². The molecule has 6 heteroatoms. The molecule has 0 heterocycles. The number of carboxylic acid groups (broad SMARTS) is 1. The Morgan fingerprint density at radius 2 is 2.42 bits per heavy atom. The van der Waals surface area contributed by atoms with Gasteiger partial charge in [0.05, 0.1) is 6.34 Å². The summed E-state index contributed by atoms with van der Waals surface area (Å²) in [5.74, 6) is 3.92. The monoisotopic (exact) mass is 174 g/mol. The van der Waals surface area contributed by atoms with Crippen molar-refractivity contribution in [3.8, 4) is 0 Å². The summed E-state index contributed by atoms with van der Waals surface area (Å²) < 4.78 is 0. The minimum Gasteiger partial charge on any atom is -0.480 e. The summed E-state index contributed by atoms with van der Waals surface area (Å²) in [5, 5.41) is 8.39. The summed E-state index contributed by atoms with van der Waals surface area (Å²) in [7, 11) is 0. The highest BCUT2D eigenvalue weighted by atomic mass is 16.4. The van der Waals surface area contributed by atoms with Crippen molar-refractivity contribution in [1.82, 2.24) is 5.43 Å². The van der Waals surface area contributed by atoms with E-state index in [9.17, 15) is 4.79 Å². The number of hydrogen-bond donors (Lipinski definition) is 4. The van der Waals surface area contributed by atoms with Crippen LogP contribution in [0.15, 0.2) is 4.99 Å². The fourth-order valence-corrected chi connectivity index (χ4v) is 0.643. The number of nitrogens with two attached hydrogens (primary N) is 2. The van der Waals surface area contributed by atoms with Gasteiger partial charge in [-0.3, -0.25) is 9.79 Å². The predicted octanol–water partition coefficient (Wildman–Crippen LogP) is -1.33. The van der Waals surface area contributed by atoms with Gasteiger partial charge >= 0.3 is 5.97 Å². The molecule has 0 rings (SSSR count). The molecule has 6 N–H and O–H groups in total. The first-order valence-corrected chi connectivity index (χ1v) is 3.61. The smallest absolute Gasteiger partial charge is 0.320 e. The van der Waals surface area contributed by atoms with Crippen molar-refractivity contribution >= 4 is 12.3 Å². The van der Waals surface area contributed by atoms with Crippen molar-refractivity contribution in [2.24, 2.45) is 16.6 Å². The fourth-order valence-electron chi connectivity index (χ4n) is 0.643. The van der Waals surface area contributed by atoms with E-state index in [2.05, 4.69) is 10.4 Å². The van der Waals surface area contributed by atoms with Crippen molar-refractivity contribution in [3.63, 3.8) is 0 Å². The molecular weight excluding hydrogens is 160 g/mol. The van der Waals surface area contributed by atoms with Crippen molar-refractivity contribution in [3.05, 3.63) is 0 Å². The Labute approximate surface area is 70.6 Å². The van der Waals surface area contributed by atoms with E-state index in [1.807, 2.05) is 0 Å². The summed E-state index contributed by atoms with van der Waals surface area (Å²) in [5.41, 5.74) is 7.48. The molecule has 0 saturated heterocycles. The van der Waals surface area contributed by atoms with E-state index in [1.54, 1.807) is 0 Å². The van der Waals surface area contributed by atoms with E-state index < -0.39 is 12.0 Å².